The molecule has 3 aromatic carbocycles. The summed E-state index contributed by atoms with van der Waals surface area (Å²) in [6.07, 6.45) is 0. The summed E-state index contributed by atoms with van der Waals surface area (Å²) in [4.78, 5) is 17.1. The van der Waals surface area contributed by atoms with Crippen molar-refractivity contribution in [2.24, 2.45) is 10.1 Å². The first-order chi connectivity index (χ1) is 16.5. The molecule has 1 aliphatic heterocycles. The molecule has 0 unspecified atom stereocenters. The van der Waals surface area contributed by atoms with E-state index >= 15 is 0 Å². The smallest absolute Gasteiger partial charge is 0.262 e. The topological polar surface area (TPSA) is 68.0 Å². The van der Waals surface area contributed by atoms with Crippen molar-refractivity contribution in [2.75, 3.05) is 11.9 Å². The summed E-state index contributed by atoms with van der Waals surface area (Å²) in [5, 5.41) is 9.70. The number of aryl methyl sites for hydroxylation is 1. The van der Waals surface area contributed by atoms with Crippen LogP contribution in [-0.4, -0.2) is 22.9 Å². The van der Waals surface area contributed by atoms with Crippen LogP contribution >= 0.6 is 11.3 Å². The van der Waals surface area contributed by atoms with Gasteiger partial charge in [0.25, 0.3) is 5.91 Å². The number of nitrogens with zero attached hydrogens (tertiary/aromatic N) is 3. The Balaban J connectivity index is 1.65. The summed E-state index contributed by atoms with van der Waals surface area (Å²) >= 11 is 1.42. The fourth-order valence-electron chi connectivity index (χ4n) is 3.54. The number of rotatable bonds is 4. The molecule has 6 nitrogen and oxygen atoms in total. The lowest BCUT2D eigenvalue weighted by molar-refractivity contribution is -0.118. The summed E-state index contributed by atoms with van der Waals surface area (Å²) in [7, 11) is 0. The molecule has 170 valence electrons. The zero-order valence-electron chi connectivity index (χ0n) is 18.6. The Morgan fingerprint density at radius 1 is 1.09 bits per heavy atom. The molecule has 0 fully saturated rings. The molecular formula is C26H21FN4O2S. The maximum Gasteiger partial charge on any atom is 0.262 e. The van der Waals surface area contributed by atoms with Crippen LogP contribution in [0.4, 0.5) is 15.8 Å². The highest BCUT2D eigenvalue weighted by atomic mass is 32.1. The molecule has 0 atom stereocenters. The fourth-order valence-corrected chi connectivity index (χ4v) is 4.39. The molecule has 1 amide bonds. The third-order valence-electron chi connectivity index (χ3n) is 5.36. The highest BCUT2D eigenvalue weighted by molar-refractivity contribution is 7.07. The molecule has 1 aliphatic rings. The summed E-state index contributed by atoms with van der Waals surface area (Å²) in [6, 6.07) is 19.8. The summed E-state index contributed by atoms with van der Waals surface area (Å²) in [6.45, 7) is 3.99. The predicted octanol–water partition coefficient (Wildman–Crippen LogP) is 5.50. The van der Waals surface area contributed by atoms with Crippen molar-refractivity contribution in [3.63, 3.8) is 0 Å². The molecule has 8 heteroatoms. The Labute approximate surface area is 199 Å². The lowest BCUT2D eigenvalue weighted by Crippen LogP contribution is -2.25. The number of ether oxygens (including phenoxy) is 1. The summed E-state index contributed by atoms with van der Waals surface area (Å²) in [5.41, 5.74) is 5.87. The lowest BCUT2D eigenvalue weighted by Gasteiger charge is -2.18. The van der Waals surface area contributed by atoms with Crippen molar-refractivity contribution in [3.8, 4) is 17.0 Å². The maximum atomic E-state index is 13.4. The number of hydrogen-bond acceptors (Lipinski definition) is 5. The number of aromatic nitrogens is 1. The van der Waals surface area contributed by atoms with E-state index in [9.17, 15) is 9.18 Å². The second-order valence-electron chi connectivity index (χ2n) is 7.90. The number of fused-ring (bicyclic) bond motifs is 1. The monoisotopic (exact) mass is 472 g/mol. The van der Waals surface area contributed by atoms with Crippen LogP contribution < -0.4 is 14.9 Å². The van der Waals surface area contributed by atoms with Gasteiger partial charge in [0, 0.05) is 10.9 Å². The van der Waals surface area contributed by atoms with E-state index in [1.807, 2.05) is 61.7 Å². The van der Waals surface area contributed by atoms with Crippen molar-refractivity contribution in [2.45, 2.75) is 13.8 Å². The van der Waals surface area contributed by atoms with Gasteiger partial charge in [-0.05, 0) is 61.9 Å². The van der Waals surface area contributed by atoms with E-state index in [1.165, 1.54) is 29.0 Å². The molecule has 0 aliphatic carbocycles. The normalized spacial score (nSPS) is 13.9. The number of anilines is 1. The number of carbonyl (C=O) groups excluding carboxylic acids is 1. The number of thiazole rings is 1. The summed E-state index contributed by atoms with van der Waals surface area (Å²) < 4.78 is 20.6. The van der Waals surface area contributed by atoms with Crippen molar-refractivity contribution in [3.05, 3.63) is 93.9 Å². The van der Waals surface area contributed by atoms with Crippen molar-refractivity contribution >= 4 is 34.3 Å². The minimum Gasteiger partial charge on any atom is -0.482 e. The first kappa shape index (κ1) is 21.8. The zero-order valence-corrected chi connectivity index (χ0v) is 19.4. The van der Waals surface area contributed by atoms with Gasteiger partial charge in [0.05, 0.1) is 22.8 Å². The van der Waals surface area contributed by atoms with E-state index < -0.39 is 0 Å². The molecule has 0 radical (unpaired) electrons. The van der Waals surface area contributed by atoms with E-state index in [0.717, 1.165) is 22.5 Å². The third-order valence-corrected chi connectivity index (χ3v) is 6.18. The van der Waals surface area contributed by atoms with Crippen LogP contribution in [0.1, 0.15) is 18.1 Å². The third kappa shape index (κ3) is 4.53. The van der Waals surface area contributed by atoms with Crippen LogP contribution in [0.3, 0.4) is 0 Å². The minimum atomic E-state index is -0.315. The molecule has 0 spiro atoms. The summed E-state index contributed by atoms with van der Waals surface area (Å²) in [5.74, 6) is 0.119. The number of hydrogen-bond donors (Lipinski definition) is 1. The van der Waals surface area contributed by atoms with E-state index in [1.54, 1.807) is 16.8 Å². The molecule has 1 aromatic heterocycles. The second-order valence-corrected chi connectivity index (χ2v) is 8.74. The van der Waals surface area contributed by atoms with Crippen molar-refractivity contribution < 1.29 is 13.9 Å². The van der Waals surface area contributed by atoms with E-state index in [2.05, 4.69) is 5.32 Å². The Kier molecular flexibility index (Phi) is 5.81. The molecule has 0 saturated carbocycles. The van der Waals surface area contributed by atoms with E-state index in [0.29, 0.717) is 21.9 Å². The molecular weight excluding hydrogens is 451 g/mol. The Bertz CT molecular complexity index is 1470. The quantitative estimate of drug-likeness (QED) is 0.399. The van der Waals surface area contributed by atoms with Gasteiger partial charge in [-0.15, -0.1) is 11.3 Å². The van der Waals surface area contributed by atoms with E-state index in [-0.39, 0.29) is 18.3 Å². The number of amides is 1. The van der Waals surface area contributed by atoms with Crippen LogP contribution in [0.25, 0.3) is 11.3 Å². The predicted molar refractivity (Wildman–Crippen MR) is 132 cm³/mol. The average Bonchev–Trinajstić information content (AvgIpc) is 3.22. The van der Waals surface area contributed by atoms with Gasteiger partial charge < -0.3 is 10.1 Å². The fraction of sp³-hybridized carbons (Fsp3) is 0.115. The lowest BCUT2D eigenvalue weighted by atomic mass is 10.1. The molecule has 1 N–H and O–H groups in total. The molecule has 0 bridgehead atoms. The molecule has 34 heavy (non-hydrogen) atoms. The van der Waals surface area contributed by atoms with Gasteiger partial charge in [-0.3, -0.25) is 4.79 Å². The highest BCUT2D eigenvalue weighted by Crippen LogP contribution is 2.33. The molecule has 5 rings (SSSR count). The van der Waals surface area contributed by atoms with Crippen LogP contribution in [-0.2, 0) is 4.79 Å². The van der Waals surface area contributed by atoms with Gasteiger partial charge in [-0.25, -0.2) is 14.1 Å². The Morgan fingerprint density at radius 2 is 1.85 bits per heavy atom. The first-order valence-electron chi connectivity index (χ1n) is 10.7. The number of carbonyl (C=O) groups is 1. The average molecular weight is 473 g/mol. The van der Waals surface area contributed by atoms with Gasteiger partial charge >= 0.3 is 0 Å². The van der Waals surface area contributed by atoms with Crippen LogP contribution in [0.15, 0.2) is 82.2 Å². The van der Waals surface area contributed by atoms with Crippen LogP contribution in [0.2, 0.25) is 0 Å². The molecule has 2 heterocycles. The minimum absolute atomic E-state index is 0.00549. The maximum absolute atomic E-state index is 13.4. The number of benzene rings is 3. The first-order valence-corrected chi connectivity index (χ1v) is 11.5. The zero-order chi connectivity index (χ0) is 23.7. The number of nitrogens with one attached hydrogen (secondary N) is 1. The number of halogens is 1. The largest absolute Gasteiger partial charge is 0.482 e. The Morgan fingerprint density at radius 3 is 2.62 bits per heavy atom. The molecule has 4 aromatic rings. The Hall–Kier alpha value is -4.04. The van der Waals surface area contributed by atoms with Gasteiger partial charge in [0.2, 0.25) is 4.80 Å². The van der Waals surface area contributed by atoms with E-state index in [4.69, 9.17) is 14.8 Å². The van der Waals surface area contributed by atoms with Crippen molar-refractivity contribution in [1.29, 1.82) is 0 Å². The van der Waals surface area contributed by atoms with Gasteiger partial charge in [-0.1, -0.05) is 29.8 Å². The highest BCUT2D eigenvalue weighted by Gasteiger charge is 2.18. The SMILES string of the molecule is CC(=Nn1c(-c2ccc3c(c2)NC(=O)CO3)csc1=Nc1ccc(F)cc1)c1ccc(C)cc1. The van der Waals surface area contributed by atoms with Crippen LogP contribution in [0, 0.1) is 12.7 Å². The van der Waals surface area contributed by atoms with Gasteiger partial charge in [-0.2, -0.15) is 5.10 Å². The van der Waals surface area contributed by atoms with Gasteiger partial charge in [0.1, 0.15) is 11.6 Å². The standard InChI is InChI=1S/C26H21FN4O2S/c1-16-3-5-18(6-4-16)17(2)30-31-23(15-34-26(31)28-21-10-8-20(27)9-11-21)19-7-12-24-22(13-19)29-25(32)14-33-24/h3-13,15H,14H2,1-2H3,(H,29,32). The van der Waals surface area contributed by atoms with Crippen molar-refractivity contribution in [1.82, 2.24) is 4.68 Å². The molecule has 0 saturated heterocycles. The van der Waals surface area contributed by atoms with Crippen LogP contribution in [0.5, 0.6) is 5.75 Å². The second kappa shape index (κ2) is 9.07. The van der Waals surface area contributed by atoms with Gasteiger partial charge in [0.15, 0.2) is 6.61 Å².